The molecule has 14 heteroatoms. The summed E-state index contributed by atoms with van der Waals surface area (Å²) >= 11 is 0. The minimum absolute atomic E-state index is 0.0110. The standard InChI is InChI=1S/C29H36F3N5O5S/c1-5-43(40,41)22-9-6-19(7-10-22)17-33-35-25(38)21-8-11-24-23(16-21)34-26(29(30,31)32)37(24)18-20-12-14-36(15-13-20)27(39)42-28(2,3)4/h6-11,16,20,33H,5,12-15,17-18H2,1-4H3,(H,35,38). The van der Waals surface area contributed by atoms with Crippen LogP contribution in [0.25, 0.3) is 11.0 Å². The Morgan fingerprint density at radius 2 is 1.70 bits per heavy atom. The molecule has 1 aromatic heterocycles. The molecule has 1 aliphatic heterocycles. The van der Waals surface area contributed by atoms with E-state index in [1.54, 1.807) is 44.7 Å². The van der Waals surface area contributed by atoms with Gasteiger partial charge in [-0.05, 0) is 75.4 Å². The Morgan fingerprint density at radius 1 is 1.05 bits per heavy atom. The molecule has 0 aliphatic carbocycles. The molecule has 234 valence electrons. The van der Waals surface area contributed by atoms with Gasteiger partial charge in [0.1, 0.15) is 5.60 Å². The fraction of sp³-hybridized carbons (Fsp3) is 0.483. The van der Waals surface area contributed by atoms with Gasteiger partial charge in [0, 0.05) is 31.7 Å². The van der Waals surface area contributed by atoms with Crippen molar-refractivity contribution in [2.75, 3.05) is 18.8 Å². The Bertz CT molecular complexity index is 1570. The SMILES string of the molecule is CCS(=O)(=O)c1ccc(CNNC(=O)c2ccc3c(c2)nc(C(F)(F)F)n3CC2CCN(C(=O)OC(C)(C)C)CC2)cc1. The summed E-state index contributed by atoms with van der Waals surface area (Å²) in [4.78, 5) is 30.7. The van der Waals surface area contributed by atoms with Crippen LogP contribution < -0.4 is 10.9 Å². The summed E-state index contributed by atoms with van der Waals surface area (Å²) < 4.78 is 72.4. The normalized spacial score (nSPS) is 15.1. The number of piperidine rings is 1. The second kappa shape index (κ2) is 12.5. The number of sulfone groups is 1. The third kappa shape index (κ3) is 8.05. The quantitative estimate of drug-likeness (QED) is 0.341. The third-order valence-corrected chi connectivity index (χ3v) is 8.88. The molecule has 0 atom stereocenters. The van der Waals surface area contributed by atoms with Gasteiger partial charge in [-0.2, -0.15) is 13.2 Å². The highest BCUT2D eigenvalue weighted by atomic mass is 32.2. The number of hydrazine groups is 1. The van der Waals surface area contributed by atoms with Crippen molar-refractivity contribution in [1.82, 2.24) is 25.3 Å². The minimum atomic E-state index is -4.70. The summed E-state index contributed by atoms with van der Waals surface area (Å²) in [6.07, 6.45) is -4.11. The van der Waals surface area contributed by atoms with Gasteiger partial charge >= 0.3 is 12.3 Å². The Kier molecular flexibility index (Phi) is 9.40. The predicted molar refractivity (Wildman–Crippen MR) is 154 cm³/mol. The number of nitrogens with zero attached hydrogens (tertiary/aromatic N) is 3. The number of ether oxygens (including phenoxy) is 1. The van der Waals surface area contributed by atoms with Crippen molar-refractivity contribution in [2.45, 2.75) is 70.3 Å². The zero-order valence-corrected chi connectivity index (χ0v) is 25.3. The van der Waals surface area contributed by atoms with Gasteiger partial charge in [-0.25, -0.2) is 23.6 Å². The van der Waals surface area contributed by atoms with Crippen LogP contribution >= 0.6 is 0 Å². The summed E-state index contributed by atoms with van der Waals surface area (Å²) in [7, 11) is -3.32. The number of hydrogen-bond acceptors (Lipinski definition) is 7. The van der Waals surface area contributed by atoms with Crippen LogP contribution in [0.5, 0.6) is 0 Å². The Balaban J connectivity index is 1.42. The van der Waals surface area contributed by atoms with Gasteiger partial charge < -0.3 is 14.2 Å². The number of alkyl halides is 3. The van der Waals surface area contributed by atoms with Crippen LogP contribution in [-0.2, 0) is 33.8 Å². The number of hydrogen-bond donors (Lipinski definition) is 2. The van der Waals surface area contributed by atoms with E-state index in [0.717, 1.165) is 10.1 Å². The molecule has 0 saturated carbocycles. The molecule has 2 N–H and O–H groups in total. The van der Waals surface area contributed by atoms with Crippen molar-refractivity contribution in [3.8, 4) is 0 Å². The zero-order valence-electron chi connectivity index (χ0n) is 24.5. The first-order valence-corrected chi connectivity index (χ1v) is 15.6. The molecule has 0 unspecified atom stereocenters. The lowest BCUT2D eigenvalue weighted by Crippen LogP contribution is -2.42. The second-order valence-corrected chi connectivity index (χ2v) is 13.8. The second-order valence-electron chi connectivity index (χ2n) is 11.5. The molecule has 43 heavy (non-hydrogen) atoms. The van der Waals surface area contributed by atoms with E-state index in [9.17, 15) is 31.2 Å². The average Bonchev–Trinajstić information content (AvgIpc) is 3.31. The molecule has 10 nitrogen and oxygen atoms in total. The summed E-state index contributed by atoms with van der Waals surface area (Å²) in [6.45, 7) is 7.91. The topological polar surface area (TPSA) is 123 Å². The lowest BCUT2D eigenvalue weighted by Gasteiger charge is -2.33. The van der Waals surface area contributed by atoms with Crippen LogP contribution in [0.15, 0.2) is 47.4 Å². The van der Waals surface area contributed by atoms with E-state index in [4.69, 9.17) is 4.74 Å². The van der Waals surface area contributed by atoms with Gasteiger partial charge in [0.25, 0.3) is 5.91 Å². The maximum Gasteiger partial charge on any atom is 0.449 e. The third-order valence-electron chi connectivity index (χ3n) is 7.13. The predicted octanol–water partition coefficient (Wildman–Crippen LogP) is 4.93. The van der Waals surface area contributed by atoms with E-state index < -0.39 is 39.4 Å². The smallest absolute Gasteiger partial charge is 0.444 e. The molecular formula is C29H36F3N5O5S. The highest BCUT2D eigenvalue weighted by Gasteiger charge is 2.38. The number of nitrogens with one attached hydrogen (secondary N) is 2. The van der Waals surface area contributed by atoms with Gasteiger partial charge in [0.2, 0.25) is 5.82 Å². The number of rotatable bonds is 8. The molecule has 2 aromatic carbocycles. The van der Waals surface area contributed by atoms with Gasteiger partial charge in [0.05, 0.1) is 21.7 Å². The van der Waals surface area contributed by atoms with E-state index in [-0.39, 0.29) is 46.3 Å². The maximum absolute atomic E-state index is 14.0. The van der Waals surface area contributed by atoms with Crippen LogP contribution in [0.1, 0.15) is 62.3 Å². The van der Waals surface area contributed by atoms with Crippen molar-refractivity contribution < 1.29 is 35.9 Å². The van der Waals surface area contributed by atoms with Crippen molar-refractivity contribution in [2.24, 2.45) is 5.92 Å². The van der Waals surface area contributed by atoms with Crippen molar-refractivity contribution in [1.29, 1.82) is 0 Å². The lowest BCUT2D eigenvalue weighted by atomic mass is 9.97. The molecule has 0 spiro atoms. The number of fused-ring (bicyclic) bond motifs is 1. The van der Waals surface area contributed by atoms with Crippen LogP contribution in [0.3, 0.4) is 0 Å². The molecule has 2 heterocycles. The van der Waals surface area contributed by atoms with Crippen molar-refractivity contribution in [3.63, 3.8) is 0 Å². The summed E-state index contributed by atoms with van der Waals surface area (Å²) in [5, 5.41) is 0. The highest BCUT2D eigenvalue weighted by molar-refractivity contribution is 7.91. The highest BCUT2D eigenvalue weighted by Crippen LogP contribution is 2.33. The number of aromatic nitrogens is 2. The van der Waals surface area contributed by atoms with Crippen LogP contribution in [-0.4, -0.2) is 59.3 Å². The largest absolute Gasteiger partial charge is 0.449 e. The number of likely N-dealkylation sites (tertiary alicyclic amines) is 1. The molecule has 2 amide bonds. The first kappa shape index (κ1) is 32.3. The molecule has 0 radical (unpaired) electrons. The van der Waals surface area contributed by atoms with E-state index in [1.165, 1.54) is 30.3 Å². The van der Waals surface area contributed by atoms with Crippen LogP contribution in [0.4, 0.5) is 18.0 Å². The van der Waals surface area contributed by atoms with Gasteiger partial charge in [-0.15, -0.1) is 0 Å². The van der Waals surface area contributed by atoms with E-state index in [1.807, 2.05) is 0 Å². The van der Waals surface area contributed by atoms with E-state index in [0.29, 0.717) is 25.9 Å². The number of halogens is 3. The van der Waals surface area contributed by atoms with Crippen molar-refractivity contribution >= 4 is 32.9 Å². The van der Waals surface area contributed by atoms with Crippen molar-refractivity contribution in [3.05, 3.63) is 59.4 Å². The van der Waals surface area contributed by atoms with Crippen LogP contribution in [0.2, 0.25) is 0 Å². The first-order chi connectivity index (χ1) is 20.1. The molecule has 1 aliphatic rings. The minimum Gasteiger partial charge on any atom is -0.444 e. The number of carbonyl (C=O) groups excluding carboxylic acids is 2. The molecule has 0 bridgehead atoms. The first-order valence-electron chi connectivity index (χ1n) is 14.0. The Labute approximate surface area is 248 Å². The average molecular weight is 624 g/mol. The summed E-state index contributed by atoms with van der Waals surface area (Å²) in [5.41, 5.74) is 5.76. The molecule has 1 saturated heterocycles. The summed E-state index contributed by atoms with van der Waals surface area (Å²) in [6, 6.07) is 10.4. The Hall–Kier alpha value is -3.65. The van der Waals surface area contributed by atoms with Gasteiger partial charge in [-0.1, -0.05) is 19.1 Å². The monoisotopic (exact) mass is 623 g/mol. The fourth-order valence-corrected chi connectivity index (χ4v) is 5.72. The summed E-state index contributed by atoms with van der Waals surface area (Å²) in [5.74, 6) is -1.73. The number of imidazole rings is 1. The number of amides is 2. The number of carbonyl (C=O) groups is 2. The van der Waals surface area contributed by atoms with E-state index >= 15 is 0 Å². The van der Waals surface area contributed by atoms with E-state index in [2.05, 4.69) is 15.8 Å². The van der Waals surface area contributed by atoms with Gasteiger partial charge in [-0.3, -0.25) is 10.2 Å². The number of benzene rings is 2. The van der Waals surface area contributed by atoms with Crippen LogP contribution in [0, 0.1) is 5.92 Å². The molecular weight excluding hydrogens is 587 g/mol. The lowest BCUT2D eigenvalue weighted by molar-refractivity contribution is -0.147. The zero-order chi connectivity index (χ0) is 31.6. The fourth-order valence-electron chi connectivity index (χ4n) is 4.84. The molecule has 3 aromatic rings. The Morgan fingerprint density at radius 3 is 2.28 bits per heavy atom. The maximum atomic E-state index is 14.0. The van der Waals surface area contributed by atoms with Gasteiger partial charge in [0.15, 0.2) is 9.84 Å². The molecule has 4 rings (SSSR count). The molecule has 1 fully saturated rings.